The number of ether oxygens (including phenoxy) is 1. The molecule has 0 atom stereocenters. The molecular formula is C10H12BrN3OS2. The summed E-state index contributed by atoms with van der Waals surface area (Å²) in [5.41, 5.74) is 0. The molecule has 92 valence electrons. The largest absolute Gasteiger partial charge is 0.377 e. The second-order valence-corrected chi connectivity index (χ2v) is 6.77. The van der Waals surface area contributed by atoms with Gasteiger partial charge in [-0.15, -0.1) is 11.3 Å². The van der Waals surface area contributed by atoms with Gasteiger partial charge in [0.1, 0.15) is 6.61 Å². The summed E-state index contributed by atoms with van der Waals surface area (Å²) in [6, 6.07) is 4.17. The fourth-order valence-corrected chi connectivity index (χ4v) is 3.49. The molecule has 2 aromatic heterocycles. The molecule has 17 heavy (non-hydrogen) atoms. The van der Waals surface area contributed by atoms with Crippen molar-refractivity contribution in [1.82, 2.24) is 9.36 Å². The monoisotopic (exact) mass is 333 g/mol. The van der Waals surface area contributed by atoms with Gasteiger partial charge in [0, 0.05) is 30.6 Å². The van der Waals surface area contributed by atoms with Crippen LogP contribution in [-0.4, -0.2) is 23.5 Å². The molecule has 0 aliphatic rings. The molecule has 0 spiro atoms. The molecule has 0 radical (unpaired) electrons. The topological polar surface area (TPSA) is 38.2 Å². The molecule has 0 saturated heterocycles. The second kappa shape index (κ2) is 5.90. The highest BCUT2D eigenvalue weighted by Crippen LogP contribution is 2.25. The lowest BCUT2D eigenvalue weighted by Gasteiger charge is -2.13. The lowest BCUT2D eigenvalue weighted by molar-refractivity contribution is 0.179. The minimum atomic E-state index is 0.467. The number of hydrogen-bond donors (Lipinski definition) is 0. The number of halogens is 1. The molecule has 0 aliphatic carbocycles. The Morgan fingerprint density at radius 3 is 2.94 bits per heavy atom. The summed E-state index contributed by atoms with van der Waals surface area (Å²) < 4.78 is 10.4. The Morgan fingerprint density at radius 2 is 2.29 bits per heavy atom. The van der Waals surface area contributed by atoms with E-state index >= 15 is 0 Å². The van der Waals surface area contributed by atoms with Gasteiger partial charge in [0.2, 0.25) is 5.13 Å². The first-order valence-electron chi connectivity index (χ1n) is 4.96. The van der Waals surface area contributed by atoms with Crippen molar-refractivity contribution in [2.45, 2.75) is 13.2 Å². The lowest BCUT2D eigenvalue weighted by atomic mass is 10.4. The molecule has 4 nitrogen and oxygen atoms in total. The zero-order valence-corrected chi connectivity index (χ0v) is 12.7. The van der Waals surface area contributed by atoms with E-state index in [-0.39, 0.29) is 0 Å². The van der Waals surface area contributed by atoms with Crippen LogP contribution < -0.4 is 4.90 Å². The Morgan fingerprint density at radius 1 is 1.47 bits per heavy atom. The fraction of sp³-hybridized carbons (Fsp3) is 0.400. The molecular weight excluding hydrogens is 322 g/mol. The predicted molar refractivity (Wildman–Crippen MR) is 74.7 cm³/mol. The highest BCUT2D eigenvalue weighted by molar-refractivity contribution is 9.11. The molecule has 0 amide bonds. The van der Waals surface area contributed by atoms with Crippen LogP contribution in [0.2, 0.25) is 0 Å². The summed E-state index contributed by atoms with van der Waals surface area (Å²) in [6.45, 7) is 1.31. The van der Waals surface area contributed by atoms with Crippen LogP contribution in [0.4, 0.5) is 5.13 Å². The van der Waals surface area contributed by atoms with Crippen LogP contribution in [0.25, 0.3) is 0 Å². The summed E-state index contributed by atoms with van der Waals surface area (Å²) in [6.07, 6.45) is 0. The molecule has 2 rings (SSSR count). The molecule has 0 saturated carbocycles. The van der Waals surface area contributed by atoms with Crippen molar-refractivity contribution in [1.29, 1.82) is 0 Å². The van der Waals surface area contributed by atoms with Gasteiger partial charge in [0.15, 0.2) is 5.82 Å². The third-order valence-corrected chi connectivity index (χ3v) is 4.56. The van der Waals surface area contributed by atoms with Gasteiger partial charge in [-0.25, -0.2) is 4.98 Å². The van der Waals surface area contributed by atoms with Crippen LogP contribution >= 0.6 is 38.8 Å². The predicted octanol–water partition coefficient (Wildman–Crippen LogP) is 3.14. The van der Waals surface area contributed by atoms with Gasteiger partial charge in [-0.2, -0.15) is 4.37 Å². The van der Waals surface area contributed by atoms with Gasteiger partial charge < -0.3 is 9.64 Å². The first-order chi connectivity index (χ1) is 8.19. The SMILES string of the molecule is COCc1nsc(N(C)Cc2ccc(Br)s2)n1. The molecule has 2 heterocycles. The Bertz CT molecular complexity index is 485. The molecule has 0 N–H and O–H groups in total. The van der Waals surface area contributed by atoms with Crippen molar-refractivity contribution in [3.63, 3.8) is 0 Å². The minimum Gasteiger partial charge on any atom is -0.377 e. The van der Waals surface area contributed by atoms with Crippen LogP contribution in [-0.2, 0) is 17.9 Å². The summed E-state index contributed by atoms with van der Waals surface area (Å²) >= 11 is 6.60. The van der Waals surface area contributed by atoms with Crippen molar-refractivity contribution in [3.05, 3.63) is 26.6 Å². The summed E-state index contributed by atoms with van der Waals surface area (Å²) in [4.78, 5) is 7.79. The van der Waals surface area contributed by atoms with Gasteiger partial charge in [-0.05, 0) is 28.1 Å². The van der Waals surface area contributed by atoms with Crippen molar-refractivity contribution in [2.75, 3.05) is 19.1 Å². The van der Waals surface area contributed by atoms with Crippen molar-refractivity contribution in [3.8, 4) is 0 Å². The highest BCUT2D eigenvalue weighted by atomic mass is 79.9. The molecule has 0 bridgehead atoms. The number of aromatic nitrogens is 2. The number of hydrogen-bond acceptors (Lipinski definition) is 6. The van der Waals surface area contributed by atoms with Gasteiger partial charge in [0.25, 0.3) is 0 Å². The number of methoxy groups -OCH3 is 1. The third kappa shape index (κ3) is 3.48. The van der Waals surface area contributed by atoms with Crippen molar-refractivity contribution in [2.24, 2.45) is 0 Å². The van der Waals surface area contributed by atoms with E-state index in [0.29, 0.717) is 6.61 Å². The van der Waals surface area contributed by atoms with Gasteiger partial charge in [-0.3, -0.25) is 0 Å². The maximum atomic E-state index is 5.00. The van der Waals surface area contributed by atoms with Crippen LogP contribution in [0.15, 0.2) is 15.9 Å². The van der Waals surface area contributed by atoms with Gasteiger partial charge in [-0.1, -0.05) is 0 Å². The molecule has 0 aliphatic heterocycles. The van der Waals surface area contributed by atoms with E-state index in [0.717, 1.165) is 21.3 Å². The zero-order chi connectivity index (χ0) is 12.3. The molecule has 0 fully saturated rings. The van der Waals surface area contributed by atoms with E-state index in [1.807, 2.05) is 7.05 Å². The Balaban J connectivity index is 2.01. The average molecular weight is 334 g/mol. The maximum absolute atomic E-state index is 5.00. The molecule has 0 unspecified atom stereocenters. The van der Waals surface area contributed by atoms with Crippen molar-refractivity contribution < 1.29 is 4.74 Å². The standard InChI is InChI=1S/C10H12BrN3OS2/c1-14(5-7-3-4-8(11)16-7)10-12-9(6-15-2)13-17-10/h3-4H,5-6H2,1-2H3. The number of thiophene rings is 1. The van der Waals surface area contributed by atoms with Crippen LogP contribution in [0.5, 0.6) is 0 Å². The minimum absolute atomic E-state index is 0.467. The zero-order valence-electron chi connectivity index (χ0n) is 9.51. The fourth-order valence-electron chi connectivity index (χ4n) is 1.33. The summed E-state index contributed by atoms with van der Waals surface area (Å²) in [5, 5.41) is 0.918. The Hall–Kier alpha value is -0.500. The first kappa shape index (κ1) is 12.9. The van der Waals surface area contributed by atoms with Crippen LogP contribution in [0.3, 0.4) is 0 Å². The molecule has 2 aromatic rings. The second-order valence-electron chi connectivity index (χ2n) is 3.49. The maximum Gasteiger partial charge on any atom is 0.205 e. The summed E-state index contributed by atoms with van der Waals surface area (Å²) in [5.74, 6) is 0.742. The van der Waals surface area contributed by atoms with E-state index < -0.39 is 0 Å². The highest BCUT2D eigenvalue weighted by Gasteiger charge is 2.10. The first-order valence-corrected chi connectivity index (χ1v) is 7.34. The number of nitrogens with zero attached hydrogens (tertiary/aromatic N) is 3. The normalized spacial score (nSPS) is 10.8. The van der Waals surface area contributed by atoms with E-state index in [4.69, 9.17) is 4.74 Å². The molecule has 7 heteroatoms. The van der Waals surface area contributed by atoms with Crippen molar-refractivity contribution >= 4 is 43.9 Å². The Kier molecular flexibility index (Phi) is 4.49. The van der Waals surface area contributed by atoms with Crippen LogP contribution in [0.1, 0.15) is 10.7 Å². The van der Waals surface area contributed by atoms with Gasteiger partial charge >= 0.3 is 0 Å². The van der Waals surface area contributed by atoms with Crippen LogP contribution in [0, 0.1) is 0 Å². The lowest BCUT2D eigenvalue weighted by Crippen LogP contribution is -2.15. The Labute approximate surface area is 117 Å². The van der Waals surface area contributed by atoms with E-state index in [1.165, 1.54) is 16.4 Å². The summed E-state index contributed by atoms with van der Waals surface area (Å²) in [7, 11) is 3.66. The number of anilines is 1. The molecule has 0 aromatic carbocycles. The van der Waals surface area contributed by atoms with Gasteiger partial charge in [0.05, 0.1) is 10.3 Å². The van der Waals surface area contributed by atoms with E-state index in [9.17, 15) is 0 Å². The third-order valence-electron chi connectivity index (χ3n) is 2.08. The number of rotatable bonds is 5. The van der Waals surface area contributed by atoms with E-state index in [1.54, 1.807) is 18.4 Å². The quantitative estimate of drug-likeness (QED) is 0.842. The smallest absolute Gasteiger partial charge is 0.205 e. The van der Waals surface area contributed by atoms with E-state index in [2.05, 4.69) is 42.3 Å². The average Bonchev–Trinajstić information content (AvgIpc) is 2.88.